The summed E-state index contributed by atoms with van der Waals surface area (Å²) in [6.07, 6.45) is -4.74. The molecule has 0 aliphatic rings. The monoisotopic (exact) mass is 306 g/mol. The van der Waals surface area contributed by atoms with Gasteiger partial charge in [0.15, 0.2) is 5.78 Å². The first kappa shape index (κ1) is 15.8. The van der Waals surface area contributed by atoms with Crippen LogP contribution in [0.15, 0.2) is 17.4 Å². The van der Waals surface area contributed by atoms with E-state index in [0.717, 1.165) is 0 Å². The quantitative estimate of drug-likeness (QED) is 0.591. The standard InChI is InChI=1S/C9H9F3N6OS/c1-4(14)5(2-13)6(19)3-20-8-17-16-7(18(8)15)9(10,11)12/h5H,1,3,14-15H2/t5-/m0/s1. The average molecular weight is 306 g/mol. The average Bonchev–Trinajstić information content (AvgIpc) is 2.68. The maximum Gasteiger partial charge on any atom is 0.453 e. The van der Waals surface area contributed by atoms with Crippen molar-refractivity contribution >= 4 is 17.5 Å². The van der Waals surface area contributed by atoms with Crippen LogP contribution >= 0.6 is 11.8 Å². The van der Waals surface area contributed by atoms with Crippen molar-refractivity contribution in [1.29, 1.82) is 5.26 Å². The Morgan fingerprint density at radius 2 is 2.15 bits per heavy atom. The summed E-state index contributed by atoms with van der Waals surface area (Å²) >= 11 is 0.620. The fourth-order valence-electron chi connectivity index (χ4n) is 1.15. The molecule has 11 heteroatoms. The Bertz CT molecular complexity index is 575. The molecule has 0 unspecified atom stereocenters. The molecule has 0 aliphatic carbocycles. The van der Waals surface area contributed by atoms with Crippen molar-refractivity contribution in [1.82, 2.24) is 14.9 Å². The summed E-state index contributed by atoms with van der Waals surface area (Å²) in [5.41, 5.74) is 5.12. The predicted molar refractivity (Wildman–Crippen MR) is 63.3 cm³/mol. The van der Waals surface area contributed by atoms with Gasteiger partial charge in [-0.2, -0.15) is 18.4 Å². The number of carbonyl (C=O) groups is 1. The Balaban J connectivity index is 2.78. The fraction of sp³-hybridized carbons (Fsp3) is 0.333. The van der Waals surface area contributed by atoms with E-state index >= 15 is 0 Å². The second kappa shape index (κ2) is 5.83. The lowest BCUT2D eigenvalue weighted by molar-refractivity contribution is -0.146. The number of nitriles is 1. The van der Waals surface area contributed by atoms with E-state index < -0.39 is 23.7 Å². The van der Waals surface area contributed by atoms with E-state index in [4.69, 9.17) is 16.8 Å². The summed E-state index contributed by atoms with van der Waals surface area (Å²) in [4.78, 5) is 11.6. The highest BCUT2D eigenvalue weighted by molar-refractivity contribution is 7.99. The molecular formula is C9H9F3N6OS. The SMILES string of the molecule is C=C(N)[C@H](C#N)C(=O)CSc1nnc(C(F)(F)F)n1N. The maximum atomic E-state index is 12.4. The van der Waals surface area contributed by atoms with Gasteiger partial charge in [0.1, 0.15) is 5.92 Å². The molecule has 0 aromatic carbocycles. The van der Waals surface area contributed by atoms with E-state index in [9.17, 15) is 18.0 Å². The van der Waals surface area contributed by atoms with Gasteiger partial charge in [-0.1, -0.05) is 18.3 Å². The normalized spacial score (nSPS) is 12.7. The highest BCUT2D eigenvalue weighted by Gasteiger charge is 2.38. The van der Waals surface area contributed by atoms with Crippen molar-refractivity contribution in [3.8, 4) is 6.07 Å². The Morgan fingerprint density at radius 1 is 1.55 bits per heavy atom. The van der Waals surface area contributed by atoms with Gasteiger partial charge in [-0.3, -0.25) is 4.79 Å². The van der Waals surface area contributed by atoms with Crippen molar-refractivity contribution in [2.75, 3.05) is 11.6 Å². The topological polar surface area (TPSA) is 124 Å². The van der Waals surface area contributed by atoms with Gasteiger partial charge in [-0.05, 0) is 0 Å². The number of nitrogens with zero attached hydrogens (tertiary/aromatic N) is 4. The van der Waals surface area contributed by atoms with Crippen LogP contribution in [0.4, 0.5) is 13.2 Å². The number of ketones is 1. The van der Waals surface area contributed by atoms with Gasteiger partial charge in [-0.15, -0.1) is 10.2 Å². The molecule has 0 saturated carbocycles. The summed E-state index contributed by atoms with van der Waals surface area (Å²) in [5, 5.41) is 14.5. The minimum Gasteiger partial charge on any atom is -0.401 e. The van der Waals surface area contributed by atoms with Gasteiger partial charge in [0, 0.05) is 5.70 Å². The first-order valence-corrected chi connectivity index (χ1v) is 5.94. The number of nitrogens with two attached hydrogens (primary N) is 2. The number of allylic oxidation sites excluding steroid dienone is 1. The largest absolute Gasteiger partial charge is 0.453 e. The van der Waals surface area contributed by atoms with Crippen molar-refractivity contribution in [3.05, 3.63) is 18.1 Å². The van der Waals surface area contributed by atoms with Gasteiger partial charge in [0.2, 0.25) is 5.16 Å². The zero-order valence-electron chi connectivity index (χ0n) is 9.89. The second-order valence-electron chi connectivity index (χ2n) is 3.57. The summed E-state index contributed by atoms with van der Waals surface area (Å²) < 4.78 is 37.4. The van der Waals surface area contributed by atoms with Gasteiger partial charge < -0.3 is 11.6 Å². The molecule has 0 aliphatic heterocycles. The van der Waals surface area contributed by atoms with Crippen LogP contribution < -0.4 is 11.6 Å². The van der Waals surface area contributed by atoms with Crippen molar-refractivity contribution in [3.63, 3.8) is 0 Å². The van der Waals surface area contributed by atoms with Crippen molar-refractivity contribution in [2.45, 2.75) is 11.3 Å². The van der Waals surface area contributed by atoms with E-state index in [2.05, 4.69) is 16.8 Å². The fourth-order valence-corrected chi connectivity index (χ4v) is 1.91. The molecule has 1 atom stereocenters. The molecule has 7 nitrogen and oxygen atoms in total. The van der Waals surface area contributed by atoms with Crippen LogP contribution in [0.5, 0.6) is 0 Å². The predicted octanol–water partition coefficient (Wildman–Crippen LogP) is 0.284. The van der Waals surface area contributed by atoms with Gasteiger partial charge in [-0.25, -0.2) is 4.68 Å². The molecule has 1 aromatic rings. The Kier molecular flexibility index (Phi) is 4.61. The molecule has 0 saturated heterocycles. The number of nitrogen functional groups attached to an aromatic ring is 1. The molecule has 1 rings (SSSR count). The summed E-state index contributed by atoms with van der Waals surface area (Å²) in [6, 6.07) is 1.64. The van der Waals surface area contributed by atoms with Crippen molar-refractivity contribution < 1.29 is 18.0 Å². The number of hydrogen-bond donors (Lipinski definition) is 2. The molecule has 0 bridgehead atoms. The lowest BCUT2D eigenvalue weighted by Gasteiger charge is -2.07. The summed E-state index contributed by atoms with van der Waals surface area (Å²) in [6.45, 7) is 3.27. The summed E-state index contributed by atoms with van der Waals surface area (Å²) in [5.74, 6) is 1.63. The molecule has 1 aromatic heterocycles. The third kappa shape index (κ3) is 3.41. The number of halogens is 3. The maximum absolute atomic E-state index is 12.4. The molecule has 0 spiro atoms. The second-order valence-corrected chi connectivity index (χ2v) is 4.51. The van der Waals surface area contributed by atoms with Gasteiger partial charge in [0.05, 0.1) is 11.8 Å². The Hall–Kier alpha value is -2.22. The lowest BCUT2D eigenvalue weighted by Crippen LogP contribution is -2.23. The number of alkyl halides is 3. The molecule has 0 fully saturated rings. The third-order valence-electron chi connectivity index (χ3n) is 2.08. The molecule has 0 amide bonds. The van der Waals surface area contributed by atoms with E-state index in [1.54, 1.807) is 6.07 Å². The molecule has 4 N–H and O–H groups in total. The van der Waals surface area contributed by atoms with Crippen molar-refractivity contribution in [2.24, 2.45) is 11.7 Å². The van der Waals surface area contributed by atoms with E-state index in [1.807, 2.05) is 0 Å². The number of thioether (sulfide) groups is 1. The van der Waals surface area contributed by atoms with Crippen LogP contribution in [0, 0.1) is 17.2 Å². The number of Topliss-reactive ketones (excluding diaryl/α,β-unsaturated/α-hetero) is 1. The number of carbonyl (C=O) groups excluding carboxylic acids is 1. The molecule has 0 radical (unpaired) electrons. The molecule has 20 heavy (non-hydrogen) atoms. The molecule has 108 valence electrons. The molecular weight excluding hydrogens is 297 g/mol. The van der Waals surface area contributed by atoms with Crippen LogP contribution in [0.2, 0.25) is 0 Å². The number of hydrogen-bond acceptors (Lipinski definition) is 7. The summed E-state index contributed by atoms with van der Waals surface area (Å²) in [7, 11) is 0. The van der Waals surface area contributed by atoms with Crippen LogP contribution in [0.3, 0.4) is 0 Å². The van der Waals surface area contributed by atoms with Gasteiger partial charge in [0.25, 0.3) is 5.82 Å². The zero-order chi connectivity index (χ0) is 15.5. The highest BCUT2D eigenvalue weighted by Crippen LogP contribution is 2.29. The van der Waals surface area contributed by atoms with Crippen LogP contribution in [0.1, 0.15) is 5.82 Å². The first-order chi connectivity index (χ1) is 9.18. The van der Waals surface area contributed by atoms with E-state index in [-0.39, 0.29) is 21.3 Å². The van der Waals surface area contributed by atoms with Crippen LogP contribution in [0.25, 0.3) is 0 Å². The smallest absolute Gasteiger partial charge is 0.401 e. The third-order valence-corrected chi connectivity index (χ3v) is 3.05. The first-order valence-electron chi connectivity index (χ1n) is 4.95. The Morgan fingerprint density at radius 3 is 2.55 bits per heavy atom. The van der Waals surface area contributed by atoms with E-state index in [0.29, 0.717) is 11.8 Å². The van der Waals surface area contributed by atoms with E-state index in [1.165, 1.54) is 0 Å². The van der Waals surface area contributed by atoms with Gasteiger partial charge >= 0.3 is 6.18 Å². The zero-order valence-corrected chi connectivity index (χ0v) is 10.7. The Labute approximate surface area is 115 Å². The minimum atomic E-state index is -4.74. The minimum absolute atomic E-state index is 0.136. The van der Waals surface area contributed by atoms with Crippen LogP contribution in [-0.2, 0) is 11.0 Å². The van der Waals surface area contributed by atoms with Crippen LogP contribution in [-0.4, -0.2) is 26.4 Å². The number of rotatable bonds is 5. The molecule has 1 heterocycles. The highest BCUT2D eigenvalue weighted by atomic mass is 32.2. The number of aromatic nitrogens is 3. The lowest BCUT2D eigenvalue weighted by atomic mass is 10.1.